The van der Waals surface area contributed by atoms with Crippen LogP contribution in [-0.2, 0) is 15.8 Å². The lowest BCUT2D eigenvalue weighted by molar-refractivity contribution is 0.383. The van der Waals surface area contributed by atoms with Gasteiger partial charge in [-0.2, -0.15) is 14.3 Å². The fourth-order valence-electron chi connectivity index (χ4n) is 3.93. The van der Waals surface area contributed by atoms with Crippen molar-refractivity contribution in [1.29, 1.82) is 0 Å². The number of sulfonamides is 1. The first-order valence-electron chi connectivity index (χ1n) is 10.6. The van der Waals surface area contributed by atoms with E-state index in [1.54, 1.807) is 6.20 Å². The number of hydrogen-bond donors (Lipinski definition) is 1. The van der Waals surface area contributed by atoms with Gasteiger partial charge in [-0.05, 0) is 5.56 Å². The summed E-state index contributed by atoms with van der Waals surface area (Å²) in [5, 5.41) is 0. The molecule has 4 aromatic rings. The van der Waals surface area contributed by atoms with Gasteiger partial charge in [-0.15, -0.1) is 0 Å². The van der Waals surface area contributed by atoms with Crippen LogP contribution < -0.4 is 10.6 Å². The molecule has 33 heavy (non-hydrogen) atoms. The van der Waals surface area contributed by atoms with Crippen molar-refractivity contribution in [3.05, 3.63) is 72.4 Å². The maximum atomic E-state index is 12.9. The molecule has 2 aromatic carbocycles. The number of nitrogen functional groups attached to an aromatic ring is 1. The van der Waals surface area contributed by atoms with Gasteiger partial charge < -0.3 is 10.6 Å². The Morgan fingerprint density at radius 3 is 2.21 bits per heavy atom. The molecule has 1 fully saturated rings. The van der Waals surface area contributed by atoms with E-state index in [0.29, 0.717) is 48.9 Å². The Kier molecular flexibility index (Phi) is 5.61. The number of nitrogens with zero attached hydrogens (tertiary/aromatic N) is 6. The van der Waals surface area contributed by atoms with Crippen LogP contribution in [0, 0.1) is 0 Å². The zero-order chi connectivity index (χ0) is 22.8. The number of hydrogen-bond acceptors (Lipinski definition) is 8. The zero-order valence-electron chi connectivity index (χ0n) is 17.9. The molecular weight excluding hydrogens is 438 g/mol. The molecule has 168 valence electrons. The van der Waals surface area contributed by atoms with Gasteiger partial charge in [-0.3, -0.25) is 0 Å². The molecule has 10 heteroatoms. The maximum absolute atomic E-state index is 12.9. The highest BCUT2D eigenvalue weighted by Crippen LogP contribution is 2.26. The second-order valence-corrected chi connectivity index (χ2v) is 9.80. The average Bonchev–Trinajstić information content (AvgIpc) is 2.84. The number of rotatable bonds is 5. The second-order valence-electron chi connectivity index (χ2n) is 7.83. The summed E-state index contributed by atoms with van der Waals surface area (Å²) in [4.78, 5) is 19.9. The van der Waals surface area contributed by atoms with Gasteiger partial charge in [-0.1, -0.05) is 60.7 Å². The Balaban J connectivity index is 1.40. The predicted molar refractivity (Wildman–Crippen MR) is 128 cm³/mol. The van der Waals surface area contributed by atoms with E-state index in [4.69, 9.17) is 10.7 Å². The third-order valence-corrected chi connectivity index (χ3v) is 7.45. The van der Waals surface area contributed by atoms with Gasteiger partial charge in [0.2, 0.25) is 16.0 Å². The lowest BCUT2D eigenvalue weighted by Gasteiger charge is -2.34. The van der Waals surface area contributed by atoms with Crippen molar-refractivity contribution in [2.75, 3.05) is 36.8 Å². The van der Waals surface area contributed by atoms with Crippen LogP contribution in [0.5, 0.6) is 0 Å². The summed E-state index contributed by atoms with van der Waals surface area (Å²) >= 11 is 0. The quantitative estimate of drug-likeness (QED) is 0.481. The molecule has 0 amide bonds. The lowest BCUT2D eigenvalue weighted by atomic mass is 10.1. The van der Waals surface area contributed by atoms with Crippen molar-refractivity contribution in [1.82, 2.24) is 24.2 Å². The Bertz CT molecular complexity index is 1370. The summed E-state index contributed by atoms with van der Waals surface area (Å²) in [7, 11) is -3.41. The van der Waals surface area contributed by atoms with Crippen molar-refractivity contribution in [2.24, 2.45) is 0 Å². The lowest BCUT2D eigenvalue weighted by Crippen LogP contribution is -2.49. The SMILES string of the molecule is Nc1nc(N2CCN(S(=O)(=O)Cc3ccccc3)CC2)c2nc(-c3ccccc3)cnc2n1. The standard InChI is InChI=1S/C23H23N7O2S/c24-23-27-21-20(26-19(15-25-21)18-9-5-2-6-10-18)22(28-23)29-11-13-30(14-12-29)33(31,32)16-17-7-3-1-4-8-17/h1-10,15H,11-14,16H2,(H2,24,25,27,28). The monoisotopic (exact) mass is 461 g/mol. The van der Waals surface area contributed by atoms with Crippen LogP contribution in [0.3, 0.4) is 0 Å². The summed E-state index contributed by atoms with van der Waals surface area (Å²) in [6.07, 6.45) is 1.67. The predicted octanol–water partition coefficient (Wildman–Crippen LogP) is 2.32. The third-order valence-electron chi connectivity index (χ3n) is 5.60. The molecule has 2 N–H and O–H groups in total. The molecule has 2 aromatic heterocycles. The van der Waals surface area contributed by atoms with Crippen molar-refractivity contribution >= 4 is 33.0 Å². The van der Waals surface area contributed by atoms with Crippen LogP contribution in [0.15, 0.2) is 66.9 Å². The molecule has 0 atom stereocenters. The van der Waals surface area contributed by atoms with E-state index in [9.17, 15) is 8.42 Å². The first-order valence-corrected chi connectivity index (χ1v) is 12.2. The van der Waals surface area contributed by atoms with Crippen LogP contribution in [-0.4, -0.2) is 58.8 Å². The normalized spacial score (nSPS) is 15.1. The Morgan fingerprint density at radius 1 is 0.848 bits per heavy atom. The zero-order valence-corrected chi connectivity index (χ0v) is 18.7. The number of piperazine rings is 1. The number of nitrogens with two attached hydrogens (primary N) is 1. The first-order chi connectivity index (χ1) is 16.0. The molecule has 0 spiro atoms. The van der Waals surface area contributed by atoms with Crippen LogP contribution in [0.25, 0.3) is 22.4 Å². The molecule has 0 radical (unpaired) electrons. The third kappa shape index (κ3) is 4.48. The van der Waals surface area contributed by atoms with E-state index < -0.39 is 10.0 Å². The van der Waals surface area contributed by atoms with E-state index >= 15 is 0 Å². The topological polar surface area (TPSA) is 118 Å². The highest BCUT2D eigenvalue weighted by Gasteiger charge is 2.29. The second kappa shape index (κ2) is 8.72. The maximum Gasteiger partial charge on any atom is 0.224 e. The average molecular weight is 462 g/mol. The Morgan fingerprint density at radius 2 is 1.52 bits per heavy atom. The van der Waals surface area contributed by atoms with E-state index in [1.165, 1.54) is 4.31 Å². The van der Waals surface area contributed by atoms with Gasteiger partial charge in [0.05, 0.1) is 17.6 Å². The molecule has 0 unspecified atom stereocenters. The van der Waals surface area contributed by atoms with Crippen molar-refractivity contribution in [3.8, 4) is 11.3 Å². The summed E-state index contributed by atoms with van der Waals surface area (Å²) in [6.45, 7) is 1.65. The highest BCUT2D eigenvalue weighted by molar-refractivity contribution is 7.88. The molecule has 1 aliphatic rings. The molecule has 1 saturated heterocycles. The molecule has 3 heterocycles. The van der Waals surface area contributed by atoms with Gasteiger partial charge >= 0.3 is 0 Å². The van der Waals surface area contributed by atoms with Crippen molar-refractivity contribution < 1.29 is 8.42 Å². The van der Waals surface area contributed by atoms with Gasteiger partial charge in [0.25, 0.3) is 0 Å². The largest absolute Gasteiger partial charge is 0.368 e. The summed E-state index contributed by atoms with van der Waals surface area (Å²) in [6, 6.07) is 19.0. The van der Waals surface area contributed by atoms with Gasteiger partial charge in [0.1, 0.15) is 0 Å². The van der Waals surface area contributed by atoms with Crippen LogP contribution >= 0.6 is 0 Å². The number of aromatic nitrogens is 4. The molecular formula is C23H23N7O2S. The van der Waals surface area contributed by atoms with Crippen molar-refractivity contribution in [3.63, 3.8) is 0 Å². The summed E-state index contributed by atoms with van der Waals surface area (Å²) in [5.74, 6) is 0.671. The van der Waals surface area contributed by atoms with Gasteiger partial charge in [0.15, 0.2) is 17.0 Å². The minimum atomic E-state index is -3.41. The Labute approximate surface area is 192 Å². The van der Waals surface area contributed by atoms with Crippen LogP contribution in [0.2, 0.25) is 0 Å². The summed E-state index contributed by atoms with van der Waals surface area (Å²) < 4.78 is 27.3. The van der Waals surface area contributed by atoms with Crippen LogP contribution in [0.4, 0.5) is 11.8 Å². The number of benzene rings is 2. The van der Waals surface area contributed by atoms with E-state index in [2.05, 4.69) is 15.0 Å². The van der Waals surface area contributed by atoms with Gasteiger partial charge in [0, 0.05) is 31.7 Å². The molecule has 5 rings (SSSR count). The highest BCUT2D eigenvalue weighted by atomic mass is 32.2. The number of fused-ring (bicyclic) bond motifs is 1. The van der Waals surface area contributed by atoms with Crippen molar-refractivity contribution in [2.45, 2.75) is 5.75 Å². The van der Waals surface area contributed by atoms with Crippen LogP contribution in [0.1, 0.15) is 5.56 Å². The molecule has 1 aliphatic heterocycles. The minimum Gasteiger partial charge on any atom is -0.368 e. The first kappa shape index (κ1) is 21.2. The van der Waals surface area contributed by atoms with E-state index in [1.807, 2.05) is 65.6 Å². The fraction of sp³-hybridized carbons (Fsp3) is 0.217. The Hall–Kier alpha value is -3.63. The number of anilines is 2. The molecule has 0 bridgehead atoms. The molecule has 9 nitrogen and oxygen atoms in total. The van der Waals surface area contributed by atoms with Gasteiger partial charge in [-0.25, -0.2) is 18.4 Å². The smallest absolute Gasteiger partial charge is 0.224 e. The minimum absolute atomic E-state index is 0.0108. The summed E-state index contributed by atoms with van der Waals surface area (Å²) in [5.41, 5.74) is 9.32. The van der Waals surface area contributed by atoms with E-state index in [0.717, 1.165) is 11.1 Å². The van der Waals surface area contributed by atoms with E-state index in [-0.39, 0.29) is 11.7 Å². The fourth-order valence-corrected chi connectivity index (χ4v) is 5.45. The molecule has 0 aliphatic carbocycles. The molecule has 0 saturated carbocycles.